The third-order valence-corrected chi connectivity index (χ3v) is 4.72. The molecule has 2 atom stereocenters. The van der Waals surface area contributed by atoms with Crippen LogP contribution in [0.2, 0.25) is 0 Å². The molecule has 2 unspecified atom stereocenters. The van der Waals surface area contributed by atoms with E-state index in [1.54, 1.807) is 12.3 Å². The number of aryl methyl sites for hydroxylation is 1. The van der Waals surface area contributed by atoms with Gasteiger partial charge in [-0.15, -0.1) is 0 Å². The minimum atomic E-state index is -0.501. The van der Waals surface area contributed by atoms with E-state index in [2.05, 4.69) is 9.97 Å². The van der Waals surface area contributed by atoms with Crippen molar-refractivity contribution in [3.05, 3.63) is 23.8 Å². The summed E-state index contributed by atoms with van der Waals surface area (Å²) in [4.78, 5) is 35.4. The summed E-state index contributed by atoms with van der Waals surface area (Å²) in [5.74, 6) is 0.188. The molecule has 1 aromatic rings. The SMILES string of the molecule is Cc1ccnc(C(=O)C2CC3CCC(C2)N3C(=O)OC(C)(C)C)n1. The number of hydrogen-bond donors (Lipinski definition) is 0. The molecule has 6 heteroatoms. The van der Waals surface area contributed by atoms with Crippen LogP contribution in [-0.2, 0) is 4.74 Å². The van der Waals surface area contributed by atoms with Gasteiger partial charge in [0.1, 0.15) is 5.60 Å². The summed E-state index contributed by atoms with van der Waals surface area (Å²) < 4.78 is 5.53. The summed E-state index contributed by atoms with van der Waals surface area (Å²) in [7, 11) is 0. The molecule has 0 radical (unpaired) electrons. The Balaban J connectivity index is 1.71. The average Bonchev–Trinajstić information content (AvgIpc) is 2.75. The highest BCUT2D eigenvalue weighted by molar-refractivity contribution is 5.94. The number of fused-ring (bicyclic) bond motifs is 2. The second-order valence-electron chi connectivity index (χ2n) is 7.83. The lowest BCUT2D eigenvalue weighted by Gasteiger charge is -2.38. The fraction of sp³-hybridized carbons (Fsp3) is 0.667. The lowest BCUT2D eigenvalue weighted by molar-refractivity contribution is 0.00247. The van der Waals surface area contributed by atoms with Gasteiger partial charge in [0.25, 0.3) is 0 Å². The van der Waals surface area contributed by atoms with E-state index in [4.69, 9.17) is 4.74 Å². The predicted octanol–water partition coefficient (Wildman–Crippen LogP) is 3.15. The summed E-state index contributed by atoms with van der Waals surface area (Å²) in [6.45, 7) is 7.47. The van der Waals surface area contributed by atoms with Gasteiger partial charge in [-0.1, -0.05) is 0 Å². The molecule has 130 valence electrons. The molecule has 2 aliphatic heterocycles. The first-order valence-corrected chi connectivity index (χ1v) is 8.60. The van der Waals surface area contributed by atoms with Crippen molar-refractivity contribution < 1.29 is 14.3 Å². The standard InChI is InChI=1S/C18H25N3O3/c1-11-7-8-19-16(20-11)15(22)12-9-13-5-6-14(10-12)21(13)17(23)24-18(2,3)4/h7-8,12-14H,5-6,9-10H2,1-4H3. The number of carbonyl (C=O) groups excluding carboxylic acids is 2. The first-order chi connectivity index (χ1) is 11.2. The van der Waals surface area contributed by atoms with Crippen LogP contribution in [0.3, 0.4) is 0 Å². The van der Waals surface area contributed by atoms with Crippen LogP contribution in [0, 0.1) is 12.8 Å². The summed E-state index contributed by atoms with van der Waals surface area (Å²) in [6, 6.07) is 1.95. The fourth-order valence-electron chi connectivity index (χ4n) is 3.75. The molecule has 3 rings (SSSR count). The van der Waals surface area contributed by atoms with Crippen LogP contribution in [0.5, 0.6) is 0 Å². The second kappa shape index (κ2) is 6.15. The zero-order valence-electron chi connectivity index (χ0n) is 14.8. The maximum Gasteiger partial charge on any atom is 0.410 e. The Bertz CT molecular complexity index is 639. The Hall–Kier alpha value is -1.98. The Morgan fingerprint density at radius 3 is 2.38 bits per heavy atom. The summed E-state index contributed by atoms with van der Waals surface area (Å²) in [5, 5.41) is 0. The molecule has 2 saturated heterocycles. The first-order valence-electron chi connectivity index (χ1n) is 8.60. The van der Waals surface area contributed by atoms with Crippen molar-refractivity contribution in [2.75, 3.05) is 0 Å². The van der Waals surface area contributed by atoms with Gasteiger partial charge in [-0.2, -0.15) is 0 Å². The molecule has 0 spiro atoms. The highest BCUT2D eigenvalue weighted by atomic mass is 16.6. The summed E-state index contributed by atoms with van der Waals surface area (Å²) in [6.07, 6.45) is 4.58. The van der Waals surface area contributed by atoms with E-state index in [-0.39, 0.29) is 29.9 Å². The van der Waals surface area contributed by atoms with Crippen LogP contribution < -0.4 is 0 Å². The van der Waals surface area contributed by atoms with E-state index in [1.807, 2.05) is 32.6 Å². The van der Waals surface area contributed by atoms with Gasteiger partial charge in [-0.05, 0) is 59.4 Å². The van der Waals surface area contributed by atoms with Gasteiger partial charge in [0.2, 0.25) is 5.78 Å². The molecule has 2 bridgehead atoms. The predicted molar refractivity (Wildman–Crippen MR) is 88.7 cm³/mol. The molecule has 1 amide bonds. The van der Waals surface area contributed by atoms with Crippen LogP contribution in [0.1, 0.15) is 62.8 Å². The summed E-state index contributed by atoms with van der Waals surface area (Å²) >= 11 is 0. The number of carbonyl (C=O) groups is 2. The number of amides is 1. The number of hydrogen-bond acceptors (Lipinski definition) is 5. The maximum atomic E-state index is 12.7. The van der Waals surface area contributed by atoms with E-state index in [1.165, 1.54) is 0 Å². The molecule has 0 saturated carbocycles. The molecule has 0 aromatic carbocycles. The van der Waals surface area contributed by atoms with Gasteiger partial charge in [0.05, 0.1) is 0 Å². The topological polar surface area (TPSA) is 72.4 Å². The zero-order valence-corrected chi connectivity index (χ0v) is 14.8. The molecule has 24 heavy (non-hydrogen) atoms. The molecule has 0 aliphatic carbocycles. The lowest BCUT2D eigenvalue weighted by atomic mass is 9.87. The van der Waals surface area contributed by atoms with Gasteiger partial charge in [-0.3, -0.25) is 4.79 Å². The largest absolute Gasteiger partial charge is 0.444 e. The van der Waals surface area contributed by atoms with Gasteiger partial charge >= 0.3 is 6.09 Å². The van der Waals surface area contributed by atoms with Crippen molar-refractivity contribution >= 4 is 11.9 Å². The highest BCUT2D eigenvalue weighted by Crippen LogP contribution is 2.40. The van der Waals surface area contributed by atoms with Crippen molar-refractivity contribution in [1.82, 2.24) is 14.9 Å². The average molecular weight is 331 g/mol. The number of aromatic nitrogens is 2. The Kier molecular flexibility index (Phi) is 4.32. The van der Waals surface area contributed by atoms with Gasteiger partial charge < -0.3 is 9.64 Å². The Morgan fingerprint density at radius 1 is 1.21 bits per heavy atom. The van der Waals surface area contributed by atoms with Crippen molar-refractivity contribution in [2.45, 2.75) is 71.1 Å². The quantitative estimate of drug-likeness (QED) is 0.778. The molecule has 3 heterocycles. The molecule has 2 aliphatic rings. The zero-order chi connectivity index (χ0) is 17.5. The van der Waals surface area contributed by atoms with Crippen LogP contribution in [-0.4, -0.2) is 44.4 Å². The smallest absolute Gasteiger partial charge is 0.410 e. The van der Waals surface area contributed by atoms with Crippen LogP contribution in [0.15, 0.2) is 12.3 Å². The molecule has 2 fully saturated rings. The summed E-state index contributed by atoms with van der Waals surface area (Å²) in [5.41, 5.74) is 0.293. The number of piperidine rings is 1. The molecule has 0 N–H and O–H groups in total. The number of Topliss-reactive ketones (excluding diaryl/α,β-unsaturated/α-hetero) is 1. The number of ketones is 1. The Morgan fingerprint density at radius 2 is 1.83 bits per heavy atom. The normalized spacial score (nSPS) is 26.3. The molecular formula is C18H25N3O3. The van der Waals surface area contributed by atoms with E-state index >= 15 is 0 Å². The third kappa shape index (κ3) is 3.42. The van der Waals surface area contributed by atoms with Crippen molar-refractivity contribution in [1.29, 1.82) is 0 Å². The molecular weight excluding hydrogens is 306 g/mol. The monoisotopic (exact) mass is 331 g/mol. The third-order valence-electron chi connectivity index (χ3n) is 4.72. The number of rotatable bonds is 2. The Labute approximate surface area is 142 Å². The van der Waals surface area contributed by atoms with Gasteiger partial charge in [-0.25, -0.2) is 14.8 Å². The van der Waals surface area contributed by atoms with E-state index in [0.29, 0.717) is 18.7 Å². The van der Waals surface area contributed by atoms with Crippen LogP contribution >= 0.6 is 0 Å². The van der Waals surface area contributed by atoms with Crippen molar-refractivity contribution in [3.63, 3.8) is 0 Å². The molecule has 1 aromatic heterocycles. The van der Waals surface area contributed by atoms with Gasteiger partial charge in [0.15, 0.2) is 5.82 Å². The van der Waals surface area contributed by atoms with Crippen molar-refractivity contribution in [2.24, 2.45) is 5.92 Å². The van der Waals surface area contributed by atoms with E-state index < -0.39 is 5.60 Å². The second-order valence-corrected chi connectivity index (χ2v) is 7.83. The highest BCUT2D eigenvalue weighted by Gasteiger charge is 2.46. The van der Waals surface area contributed by atoms with E-state index in [0.717, 1.165) is 18.5 Å². The minimum absolute atomic E-state index is 0.000520. The van der Waals surface area contributed by atoms with Crippen molar-refractivity contribution in [3.8, 4) is 0 Å². The number of nitrogens with zero attached hydrogens (tertiary/aromatic N) is 3. The van der Waals surface area contributed by atoms with E-state index in [9.17, 15) is 9.59 Å². The van der Waals surface area contributed by atoms with Crippen LogP contribution in [0.25, 0.3) is 0 Å². The fourth-order valence-corrected chi connectivity index (χ4v) is 3.75. The first kappa shape index (κ1) is 16.9. The minimum Gasteiger partial charge on any atom is -0.444 e. The van der Waals surface area contributed by atoms with Gasteiger partial charge in [0, 0.05) is 29.9 Å². The number of ether oxygens (including phenoxy) is 1. The van der Waals surface area contributed by atoms with Crippen LogP contribution in [0.4, 0.5) is 4.79 Å². The maximum absolute atomic E-state index is 12.7. The molecule has 6 nitrogen and oxygen atoms in total. The lowest BCUT2D eigenvalue weighted by Crippen LogP contribution is -2.49.